The van der Waals surface area contributed by atoms with E-state index in [1.807, 2.05) is 6.92 Å². The quantitative estimate of drug-likeness (QED) is 0.437. The predicted octanol–water partition coefficient (Wildman–Crippen LogP) is 4.64. The van der Waals surface area contributed by atoms with Crippen LogP contribution in [-0.4, -0.2) is 47.8 Å². The van der Waals surface area contributed by atoms with Crippen LogP contribution in [-0.2, 0) is 14.3 Å². The van der Waals surface area contributed by atoms with E-state index in [1.165, 1.54) is 7.11 Å². The summed E-state index contributed by atoms with van der Waals surface area (Å²) in [4.78, 5) is 30.7. The summed E-state index contributed by atoms with van der Waals surface area (Å²) in [6.07, 6.45) is 1.91. The van der Waals surface area contributed by atoms with Crippen molar-refractivity contribution < 1.29 is 24.2 Å². The van der Waals surface area contributed by atoms with Gasteiger partial charge in [-0.1, -0.05) is 6.92 Å². The third kappa shape index (κ3) is 4.59. The second kappa shape index (κ2) is 10.0. The number of aromatic hydroxyl groups is 1. The zero-order chi connectivity index (χ0) is 21.8. The molecule has 1 aromatic rings. The first-order chi connectivity index (χ1) is 14.4. The number of carbonyl (C=O) groups excluding carboxylic acids is 2. The minimum absolute atomic E-state index is 0.0139. The largest absolute Gasteiger partial charge is 0.503 e. The van der Waals surface area contributed by atoms with Crippen molar-refractivity contribution in [2.75, 3.05) is 25.2 Å². The second-order valence-electron chi connectivity index (χ2n) is 7.26. The molecule has 0 amide bonds. The molecule has 0 aromatic heterocycles. The number of allylic oxidation sites excluding steroid dienone is 2. The van der Waals surface area contributed by atoms with E-state index >= 15 is 0 Å². The fraction of sp³-hybridized carbons (Fsp3) is 0.500. The van der Waals surface area contributed by atoms with Crippen molar-refractivity contribution in [1.29, 1.82) is 0 Å². The van der Waals surface area contributed by atoms with Crippen LogP contribution in [0.2, 0.25) is 0 Å². The van der Waals surface area contributed by atoms with E-state index < -0.39 is 11.8 Å². The Hall–Kier alpha value is -1.80. The minimum atomic E-state index is -0.696. The number of halogens is 1. The van der Waals surface area contributed by atoms with E-state index in [0.717, 1.165) is 23.6 Å². The van der Waals surface area contributed by atoms with Gasteiger partial charge in [0.25, 0.3) is 0 Å². The van der Waals surface area contributed by atoms with E-state index in [2.05, 4.69) is 27.8 Å². The standard InChI is InChI=1S/C22H26BrNO5S/c1-4-30-9-8-29-22(27)18-12(2)24-15-6-5-7-16(25)20(15)19(18)13-10-14(23)21(26)17(11-13)28-3/h10-11,18-19,26H,4-9H2,1-3H3/t18?,19-/m0/s1. The van der Waals surface area contributed by atoms with Gasteiger partial charge in [0.2, 0.25) is 0 Å². The Morgan fingerprint density at radius 3 is 2.83 bits per heavy atom. The lowest BCUT2D eigenvalue weighted by atomic mass is 9.71. The maximum atomic E-state index is 13.1. The lowest BCUT2D eigenvalue weighted by molar-refractivity contribution is -0.145. The molecule has 0 saturated heterocycles. The molecule has 0 saturated carbocycles. The van der Waals surface area contributed by atoms with Crippen LogP contribution in [0.3, 0.4) is 0 Å². The molecule has 0 spiro atoms. The van der Waals surface area contributed by atoms with Crippen LogP contribution >= 0.6 is 27.7 Å². The third-order valence-corrected chi connectivity index (χ3v) is 6.86. The van der Waals surface area contributed by atoms with Gasteiger partial charge >= 0.3 is 5.97 Å². The highest BCUT2D eigenvalue weighted by Crippen LogP contribution is 2.46. The van der Waals surface area contributed by atoms with Crippen LogP contribution in [0.4, 0.5) is 0 Å². The molecule has 1 heterocycles. The number of rotatable bonds is 7. The number of ketones is 1. The van der Waals surface area contributed by atoms with Crippen LogP contribution in [0.5, 0.6) is 11.5 Å². The summed E-state index contributed by atoms with van der Waals surface area (Å²) >= 11 is 5.06. The lowest BCUT2D eigenvalue weighted by Crippen LogP contribution is -2.37. The number of aliphatic imine (C=N–C) groups is 1. The Bertz CT molecular complexity index is 911. The molecular weight excluding hydrogens is 470 g/mol. The summed E-state index contributed by atoms with van der Waals surface area (Å²) in [6, 6.07) is 3.42. The average molecular weight is 496 g/mol. The van der Waals surface area contributed by atoms with Gasteiger partial charge in [0.05, 0.1) is 11.6 Å². The highest BCUT2D eigenvalue weighted by Gasteiger charge is 2.43. The molecule has 3 rings (SSSR count). The zero-order valence-corrected chi connectivity index (χ0v) is 19.8. The number of phenolic OH excluding ortho intramolecular Hbond substituents is 1. The number of carbonyl (C=O) groups is 2. The van der Waals surface area contributed by atoms with Gasteiger partial charge in [-0.05, 0) is 59.1 Å². The number of benzene rings is 1. The van der Waals surface area contributed by atoms with Gasteiger partial charge in [-0.2, -0.15) is 11.8 Å². The lowest BCUT2D eigenvalue weighted by Gasteiger charge is -2.34. The molecule has 2 aliphatic rings. The van der Waals surface area contributed by atoms with Crippen molar-refractivity contribution in [2.45, 2.75) is 39.0 Å². The van der Waals surface area contributed by atoms with E-state index in [9.17, 15) is 14.7 Å². The maximum absolute atomic E-state index is 13.1. The van der Waals surface area contributed by atoms with E-state index in [-0.39, 0.29) is 23.3 Å². The Kier molecular flexibility index (Phi) is 7.63. The fourth-order valence-electron chi connectivity index (χ4n) is 4.04. The molecule has 2 atom stereocenters. The summed E-state index contributed by atoms with van der Waals surface area (Å²) in [6.45, 7) is 4.19. The zero-order valence-electron chi connectivity index (χ0n) is 17.4. The van der Waals surface area contributed by atoms with Gasteiger partial charge in [0.1, 0.15) is 12.5 Å². The third-order valence-electron chi connectivity index (χ3n) is 5.39. The van der Waals surface area contributed by atoms with Gasteiger partial charge in [-0.15, -0.1) is 0 Å². The topological polar surface area (TPSA) is 85.2 Å². The Morgan fingerprint density at radius 1 is 1.37 bits per heavy atom. The molecule has 1 aromatic carbocycles. The van der Waals surface area contributed by atoms with Crippen LogP contribution < -0.4 is 4.74 Å². The molecule has 1 N–H and O–H groups in total. The first-order valence-electron chi connectivity index (χ1n) is 10.0. The number of hydrogen-bond acceptors (Lipinski definition) is 7. The molecule has 0 fully saturated rings. The number of ether oxygens (including phenoxy) is 2. The first-order valence-corrected chi connectivity index (χ1v) is 12.0. The number of hydrogen-bond donors (Lipinski definition) is 1. The van der Waals surface area contributed by atoms with Crippen molar-refractivity contribution in [3.8, 4) is 11.5 Å². The molecule has 6 nitrogen and oxygen atoms in total. The SMILES string of the molecule is CCSCCOC(=O)C1C(C)=NC2=C(C(=O)CCC2)[C@H]1c1cc(Br)c(O)c(OC)c1. The normalized spacial score (nSPS) is 21.2. The molecular formula is C22H26BrNO5S. The van der Waals surface area contributed by atoms with Gasteiger partial charge in [-0.25, -0.2) is 0 Å². The van der Waals surface area contributed by atoms with Gasteiger partial charge in [-0.3, -0.25) is 14.6 Å². The summed E-state index contributed by atoms with van der Waals surface area (Å²) in [7, 11) is 1.46. The van der Waals surface area contributed by atoms with Crippen LogP contribution in [0.15, 0.2) is 32.9 Å². The van der Waals surface area contributed by atoms with E-state index in [4.69, 9.17) is 9.47 Å². The van der Waals surface area contributed by atoms with Crippen molar-refractivity contribution >= 4 is 45.2 Å². The summed E-state index contributed by atoms with van der Waals surface area (Å²) in [5, 5.41) is 10.2. The summed E-state index contributed by atoms with van der Waals surface area (Å²) in [5.41, 5.74) is 2.68. The number of phenols is 1. The number of Topliss-reactive ketones (excluding diaryl/α,β-unsaturated/α-hetero) is 1. The molecule has 0 radical (unpaired) electrons. The minimum Gasteiger partial charge on any atom is -0.503 e. The Labute approximate surface area is 189 Å². The fourth-order valence-corrected chi connectivity index (χ4v) is 4.99. The highest BCUT2D eigenvalue weighted by molar-refractivity contribution is 9.10. The monoisotopic (exact) mass is 495 g/mol. The average Bonchev–Trinajstić information content (AvgIpc) is 2.72. The van der Waals surface area contributed by atoms with Gasteiger partial charge in [0.15, 0.2) is 17.3 Å². The number of esters is 1. The number of nitrogens with zero attached hydrogens (tertiary/aromatic N) is 1. The van der Waals surface area contributed by atoms with E-state index in [1.54, 1.807) is 23.9 Å². The van der Waals surface area contributed by atoms with Gasteiger partial charge < -0.3 is 14.6 Å². The number of methoxy groups -OCH3 is 1. The molecule has 30 heavy (non-hydrogen) atoms. The molecule has 1 aliphatic heterocycles. The van der Waals surface area contributed by atoms with Gasteiger partial charge in [0, 0.05) is 35.1 Å². The Morgan fingerprint density at radius 2 is 2.13 bits per heavy atom. The Balaban J connectivity index is 2.06. The first kappa shape index (κ1) is 22.9. The maximum Gasteiger partial charge on any atom is 0.315 e. The van der Waals surface area contributed by atoms with Crippen molar-refractivity contribution in [3.63, 3.8) is 0 Å². The van der Waals surface area contributed by atoms with Crippen molar-refractivity contribution in [2.24, 2.45) is 10.9 Å². The van der Waals surface area contributed by atoms with Crippen molar-refractivity contribution in [1.82, 2.24) is 0 Å². The van der Waals surface area contributed by atoms with E-state index in [0.29, 0.717) is 40.8 Å². The molecule has 1 aliphatic carbocycles. The number of thioether (sulfide) groups is 1. The van der Waals surface area contributed by atoms with Crippen molar-refractivity contribution in [3.05, 3.63) is 33.4 Å². The highest BCUT2D eigenvalue weighted by atomic mass is 79.9. The molecule has 1 unspecified atom stereocenters. The van der Waals surface area contributed by atoms with Crippen LogP contribution in [0, 0.1) is 5.92 Å². The second-order valence-corrected chi connectivity index (χ2v) is 9.51. The smallest absolute Gasteiger partial charge is 0.315 e. The van der Waals surface area contributed by atoms with Crippen LogP contribution in [0.25, 0.3) is 0 Å². The molecule has 8 heteroatoms. The predicted molar refractivity (Wildman–Crippen MR) is 122 cm³/mol. The summed E-state index contributed by atoms with van der Waals surface area (Å²) < 4.78 is 11.3. The molecule has 0 bridgehead atoms. The molecule has 162 valence electrons. The van der Waals surface area contributed by atoms with Crippen LogP contribution in [0.1, 0.15) is 44.6 Å². The summed E-state index contributed by atoms with van der Waals surface area (Å²) in [5.74, 6) is 0.336.